The molecule has 0 saturated heterocycles. The van der Waals surface area contributed by atoms with Crippen LogP contribution in [0.5, 0.6) is 0 Å². The quantitative estimate of drug-likeness (QED) is 0.455. The highest BCUT2D eigenvalue weighted by atomic mass is 16.5. The van der Waals surface area contributed by atoms with Crippen molar-refractivity contribution in [3.8, 4) is 0 Å². The van der Waals surface area contributed by atoms with Crippen LogP contribution >= 0.6 is 0 Å². The van der Waals surface area contributed by atoms with Gasteiger partial charge in [-0.25, -0.2) is 0 Å². The summed E-state index contributed by atoms with van der Waals surface area (Å²) in [6.45, 7) is 9.89. The van der Waals surface area contributed by atoms with E-state index in [1.54, 1.807) is 0 Å². The van der Waals surface area contributed by atoms with Gasteiger partial charge < -0.3 is 4.74 Å². The lowest BCUT2D eigenvalue weighted by molar-refractivity contribution is 0.177. The third kappa shape index (κ3) is 22.5. The summed E-state index contributed by atoms with van der Waals surface area (Å²) in [7, 11) is 0. The monoisotopic (exact) mass is 198 g/mol. The van der Waals surface area contributed by atoms with Crippen molar-refractivity contribution in [2.24, 2.45) is 0 Å². The minimum absolute atomic E-state index is 0.757. The van der Waals surface area contributed by atoms with Crippen LogP contribution in [-0.2, 0) is 4.74 Å². The van der Waals surface area contributed by atoms with E-state index < -0.39 is 0 Å². The zero-order chi connectivity index (χ0) is 11.1. The van der Waals surface area contributed by atoms with Crippen molar-refractivity contribution in [3.63, 3.8) is 0 Å². The van der Waals surface area contributed by atoms with Gasteiger partial charge in [0, 0.05) is 6.61 Å². The standard InChI is InChI=1S/C7H14.C6H12O/c1-3-5-7-6-4-2;1-3-5-6-7-4-2/h5,7H,3-4,6H2,1-2H3;3,5H,4,6H2,1-2H3/b7-5-;5-3-. The Kier molecular flexibility index (Phi) is 20.7. The lowest BCUT2D eigenvalue weighted by Crippen LogP contribution is -1.86. The molecule has 1 heteroatoms. The lowest BCUT2D eigenvalue weighted by atomic mass is 10.3. The molecule has 1 nitrogen and oxygen atoms in total. The van der Waals surface area contributed by atoms with Crippen molar-refractivity contribution in [2.75, 3.05) is 13.2 Å². The first-order valence-corrected chi connectivity index (χ1v) is 5.67. The van der Waals surface area contributed by atoms with Crippen LogP contribution in [0.3, 0.4) is 0 Å². The molecular formula is C13H26O. The third-order valence-corrected chi connectivity index (χ3v) is 1.51. The van der Waals surface area contributed by atoms with Gasteiger partial charge in [0.25, 0.3) is 0 Å². The first-order valence-electron chi connectivity index (χ1n) is 5.67. The molecule has 0 aliphatic rings. The number of unbranched alkanes of at least 4 members (excludes halogenated alkanes) is 1. The van der Waals surface area contributed by atoms with Gasteiger partial charge >= 0.3 is 0 Å². The van der Waals surface area contributed by atoms with E-state index in [0.717, 1.165) is 13.2 Å². The largest absolute Gasteiger partial charge is 0.378 e. The molecule has 0 spiro atoms. The molecule has 0 aliphatic heterocycles. The molecule has 0 amide bonds. The normalized spacial score (nSPS) is 10.6. The molecule has 0 heterocycles. The van der Waals surface area contributed by atoms with Crippen LogP contribution in [0.1, 0.15) is 47.0 Å². The summed E-state index contributed by atoms with van der Waals surface area (Å²) >= 11 is 0. The van der Waals surface area contributed by atoms with Crippen molar-refractivity contribution < 1.29 is 4.74 Å². The Balaban J connectivity index is 0. The van der Waals surface area contributed by atoms with Crippen molar-refractivity contribution in [1.82, 2.24) is 0 Å². The van der Waals surface area contributed by atoms with Gasteiger partial charge in [-0.15, -0.1) is 0 Å². The Bertz CT molecular complexity index is 125. The highest BCUT2D eigenvalue weighted by molar-refractivity contribution is 4.78. The molecule has 0 atom stereocenters. The summed E-state index contributed by atoms with van der Waals surface area (Å²) in [5.41, 5.74) is 0. The number of hydrogen-bond acceptors (Lipinski definition) is 1. The fourth-order valence-corrected chi connectivity index (χ4v) is 0.733. The van der Waals surface area contributed by atoms with E-state index in [4.69, 9.17) is 4.74 Å². The molecule has 0 fully saturated rings. The summed E-state index contributed by atoms with van der Waals surface area (Å²) in [6, 6.07) is 0. The van der Waals surface area contributed by atoms with Crippen LogP contribution in [0.4, 0.5) is 0 Å². The number of allylic oxidation sites excluding steroid dienone is 3. The smallest absolute Gasteiger partial charge is 0.0647 e. The van der Waals surface area contributed by atoms with E-state index in [1.807, 2.05) is 26.0 Å². The topological polar surface area (TPSA) is 9.23 Å². The van der Waals surface area contributed by atoms with Gasteiger partial charge in [0.1, 0.15) is 0 Å². The zero-order valence-electron chi connectivity index (χ0n) is 10.3. The van der Waals surface area contributed by atoms with Crippen LogP contribution in [0.2, 0.25) is 0 Å². The van der Waals surface area contributed by atoms with Crippen LogP contribution < -0.4 is 0 Å². The predicted molar refractivity (Wildman–Crippen MR) is 65.6 cm³/mol. The molecule has 0 N–H and O–H groups in total. The average molecular weight is 198 g/mol. The molecule has 84 valence electrons. The number of rotatable bonds is 6. The van der Waals surface area contributed by atoms with Gasteiger partial charge in [-0.1, -0.05) is 44.6 Å². The van der Waals surface area contributed by atoms with E-state index >= 15 is 0 Å². The van der Waals surface area contributed by atoms with Crippen LogP contribution in [0.25, 0.3) is 0 Å². The first-order chi connectivity index (χ1) is 6.83. The van der Waals surface area contributed by atoms with Gasteiger partial charge in [0.15, 0.2) is 0 Å². The van der Waals surface area contributed by atoms with Crippen molar-refractivity contribution >= 4 is 0 Å². The maximum atomic E-state index is 4.99. The number of ether oxygens (including phenoxy) is 1. The second kappa shape index (κ2) is 18.3. The molecular weight excluding hydrogens is 172 g/mol. The molecule has 0 aromatic carbocycles. The van der Waals surface area contributed by atoms with E-state index in [-0.39, 0.29) is 0 Å². The maximum absolute atomic E-state index is 4.99. The van der Waals surface area contributed by atoms with Gasteiger partial charge in [-0.2, -0.15) is 0 Å². The average Bonchev–Trinajstić information content (AvgIpc) is 2.21. The van der Waals surface area contributed by atoms with E-state index in [1.165, 1.54) is 19.3 Å². The Hall–Kier alpha value is -0.560. The molecule has 0 saturated carbocycles. The van der Waals surface area contributed by atoms with Crippen LogP contribution in [0, 0.1) is 0 Å². The molecule has 0 aromatic heterocycles. The maximum Gasteiger partial charge on any atom is 0.0647 e. The summed E-state index contributed by atoms with van der Waals surface area (Å²) in [4.78, 5) is 0. The molecule has 0 unspecified atom stereocenters. The lowest BCUT2D eigenvalue weighted by Gasteiger charge is -1.89. The number of hydrogen-bond donors (Lipinski definition) is 0. The SMILES string of the molecule is C/C=C\COCC.CC/C=C\CCC. The Morgan fingerprint density at radius 3 is 2.14 bits per heavy atom. The van der Waals surface area contributed by atoms with E-state index in [0.29, 0.717) is 0 Å². The summed E-state index contributed by atoms with van der Waals surface area (Å²) in [6.07, 6.45) is 12.1. The van der Waals surface area contributed by atoms with Crippen LogP contribution in [-0.4, -0.2) is 13.2 Å². The summed E-state index contributed by atoms with van der Waals surface area (Å²) in [5.74, 6) is 0. The Labute approximate surface area is 89.9 Å². The molecule has 0 aromatic rings. The first kappa shape index (κ1) is 15.9. The van der Waals surface area contributed by atoms with Gasteiger partial charge in [-0.3, -0.25) is 0 Å². The van der Waals surface area contributed by atoms with Crippen LogP contribution in [0.15, 0.2) is 24.3 Å². The molecule has 0 bridgehead atoms. The Morgan fingerprint density at radius 2 is 1.71 bits per heavy atom. The summed E-state index contributed by atoms with van der Waals surface area (Å²) < 4.78 is 4.99. The van der Waals surface area contributed by atoms with E-state index in [2.05, 4.69) is 26.0 Å². The highest BCUT2D eigenvalue weighted by Crippen LogP contribution is 1.88. The minimum Gasteiger partial charge on any atom is -0.378 e. The predicted octanol–water partition coefficient (Wildman–Crippen LogP) is 4.35. The van der Waals surface area contributed by atoms with Crippen molar-refractivity contribution in [1.29, 1.82) is 0 Å². The fourth-order valence-electron chi connectivity index (χ4n) is 0.733. The minimum atomic E-state index is 0.757. The second-order valence-electron chi connectivity index (χ2n) is 2.90. The fraction of sp³-hybridized carbons (Fsp3) is 0.692. The van der Waals surface area contributed by atoms with Gasteiger partial charge in [0.05, 0.1) is 6.61 Å². The van der Waals surface area contributed by atoms with Gasteiger partial charge in [0.2, 0.25) is 0 Å². The van der Waals surface area contributed by atoms with E-state index in [9.17, 15) is 0 Å². The zero-order valence-corrected chi connectivity index (χ0v) is 10.3. The third-order valence-electron chi connectivity index (χ3n) is 1.51. The summed E-state index contributed by atoms with van der Waals surface area (Å²) in [5, 5.41) is 0. The van der Waals surface area contributed by atoms with Gasteiger partial charge in [-0.05, 0) is 26.7 Å². The molecule has 0 radical (unpaired) electrons. The molecule has 0 aliphatic carbocycles. The Morgan fingerprint density at radius 1 is 1.00 bits per heavy atom. The highest BCUT2D eigenvalue weighted by Gasteiger charge is 1.70. The van der Waals surface area contributed by atoms with Crippen molar-refractivity contribution in [3.05, 3.63) is 24.3 Å². The second-order valence-corrected chi connectivity index (χ2v) is 2.90. The molecule has 0 rings (SSSR count). The van der Waals surface area contributed by atoms with Crippen molar-refractivity contribution in [2.45, 2.75) is 47.0 Å². The molecule has 14 heavy (non-hydrogen) atoms.